The minimum Gasteiger partial charge on any atom is -0.506 e. The summed E-state index contributed by atoms with van der Waals surface area (Å²) in [6, 6.07) is 45.6. The number of aldehydes is 1. The molecule has 28 heteroatoms. The second kappa shape index (κ2) is 39.2. The van der Waals surface area contributed by atoms with Crippen LogP contribution in [-0.2, 0) is 69.9 Å². The summed E-state index contributed by atoms with van der Waals surface area (Å²) in [5, 5.41) is 31.3. The number of nitriles is 1. The van der Waals surface area contributed by atoms with Crippen LogP contribution in [-0.4, -0.2) is 77.7 Å². The Morgan fingerprint density at radius 3 is 1.10 bits per heavy atom. The maximum absolute atomic E-state index is 13.2. The number of esters is 2. The second-order valence-electron chi connectivity index (χ2n) is 26.4. The highest BCUT2D eigenvalue weighted by Gasteiger charge is 2.34. The van der Waals surface area contributed by atoms with Gasteiger partial charge in [0, 0.05) is 106 Å². The molecule has 4 heterocycles. The Kier molecular flexibility index (Phi) is 30.6. The first-order chi connectivity index (χ1) is 54.1. The molecular formula is C87H77ClF12N6O9. The Labute approximate surface area is 658 Å². The maximum Gasteiger partial charge on any atom is 0.416 e. The number of aliphatic hydroxyl groups is 1. The van der Waals surface area contributed by atoms with E-state index in [1.165, 1.54) is 18.0 Å². The summed E-state index contributed by atoms with van der Waals surface area (Å²) in [6.45, 7) is 23.2. The van der Waals surface area contributed by atoms with Gasteiger partial charge in [0.2, 0.25) is 0 Å². The molecule has 2 N–H and O–H groups in total. The first-order valence-corrected chi connectivity index (χ1v) is 35.5. The monoisotopic (exact) mass is 1610 g/mol. The third-order valence-corrected chi connectivity index (χ3v) is 17.4. The van der Waals surface area contributed by atoms with Crippen LogP contribution in [0.15, 0.2) is 212 Å². The summed E-state index contributed by atoms with van der Waals surface area (Å²) < 4.78 is 172. The summed E-state index contributed by atoms with van der Waals surface area (Å²) in [6.07, 6.45) is -8.57. The smallest absolute Gasteiger partial charge is 0.416 e. The van der Waals surface area contributed by atoms with Crippen LogP contribution in [0.25, 0.3) is 54.2 Å². The Bertz CT molecular complexity index is 5530. The van der Waals surface area contributed by atoms with Crippen molar-refractivity contribution in [2.45, 2.75) is 113 Å². The average molecular weight is 1610 g/mol. The molecule has 0 amide bonds. The number of carboxylic acid groups (broad SMARTS) is 1. The molecule has 0 bridgehead atoms. The van der Waals surface area contributed by atoms with Crippen molar-refractivity contribution >= 4 is 90.4 Å². The van der Waals surface area contributed by atoms with E-state index in [1.807, 2.05) is 31.2 Å². The SMILES string of the molecule is CC=C(C)C.CCOC(=O)/C(C#N)=C(\O)c1cn(Cc2cc(C)cc(C(F)(F)F)c2)c2ccccc12.Cc1cc(Cn2cc(C(=O)Cl)c3ccccc32)cc(C(F)(F)F)c1.Cc1cc(Cn2cc(C(=O)O)c3ccccc32)cc(C(F)(F)F)c1.Cc1cc(Cn2cc(C=O)c3ccccc32)cc(C(F)(F)F)c1.[C-]#[N+]CC(=O)OCC. The summed E-state index contributed by atoms with van der Waals surface area (Å²) in [5.41, 5.74) is 6.18. The number of aromatic carboxylic acids is 1. The van der Waals surface area contributed by atoms with E-state index in [0.29, 0.717) is 89.4 Å². The summed E-state index contributed by atoms with van der Waals surface area (Å²) >= 11 is 5.61. The van der Waals surface area contributed by atoms with Crippen molar-refractivity contribution in [2.24, 2.45) is 0 Å². The van der Waals surface area contributed by atoms with E-state index < -0.39 is 81.4 Å². The van der Waals surface area contributed by atoms with Gasteiger partial charge in [-0.05, 0) is 169 Å². The molecule has 0 fully saturated rings. The van der Waals surface area contributed by atoms with Gasteiger partial charge in [0.25, 0.3) is 5.24 Å². The zero-order chi connectivity index (χ0) is 85.0. The number of rotatable bonds is 16. The highest BCUT2D eigenvalue weighted by molar-refractivity contribution is 6.68. The van der Waals surface area contributed by atoms with Crippen molar-refractivity contribution in [2.75, 3.05) is 19.8 Å². The third kappa shape index (κ3) is 24.4. The molecule has 0 aliphatic rings. The van der Waals surface area contributed by atoms with Gasteiger partial charge in [-0.15, -0.1) is 0 Å². The van der Waals surface area contributed by atoms with E-state index in [4.69, 9.17) is 22.9 Å². The third-order valence-electron chi connectivity index (χ3n) is 17.2. The van der Waals surface area contributed by atoms with Crippen molar-refractivity contribution in [1.29, 1.82) is 5.26 Å². The number of allylic oxidation sites excluding steroid dienone is 2. The number of nitrogens with zero attached hydrogens (tertiary/aromatic N) is 6. The molecule has 8 aromatic carbocycles. The number of aryl methyl sites for hydroxylation is 4. The fourth-order valence-corrected chi connectivity index (χ4v) is 12.4. The fourth-order valence-electron chi connectivity index (χ4n) is 12.2. The van der Waals surface area contributed by atoms with Gasteiger partial charge in [-0.25, -0.2) is 21.0 Å². The van der Waals surface area contributed by atoms with Gasteiger partial charge in [0.1, 0.15) is 11.8 Å². The number of ether oxygens (including phenoxy) is 2. The molecule has 12 rings (SSSR count). The zero-order valence-corrected chi connectivity index (χ0v) is 64.2. The van der Waals surface area contributed by atoms with E-state index in [2.05, 4.69) is 29.5 Å². The number of fused-ring (bicyclic) bond motifs is 4. The van der Waals surface area contributed by atoms with Crippen LogP contribution in [0, 0.1) is 45.6 Å². The second-order valence-corrected chi connectivity index (χ2v) is 26.7. The molecular weight excluding hydrogens is 1540 g/mol. The number of halogens is 13. The van der Waals surface area contributed by atoms with Crippen molar-refractivity contribution < 1.29 is 96.3 Å². The highest BCUT2D eigenvalue weighted by Crippen LogP contribution is 2.37. The number of hydrogen-bond donors (Lipinski definition) is 2. The predicted molar refractivity (Wildman–Crippen MR) is 416 cm³/mol. The zero-order valence-electron chi connectivity index (χ0n) is 63.4. The molecule has 600 valence electrons. The molecule has 0 saturated carbocycles. The van der Waals surface area contributed by atoms with Gasteiger partial charge >= 0.3 is 49.2 Å². The lowest BCUT2D eigenvalue weighted by Gasteiger charge is -2.12. The van der Waals surface area contributed by atoms with Crippen molar-refractivity contribution in [3.05, 3.63) is 312 Å². The molecule has 0 aliphatic carbocycles. The predicted octanol–water partition coefficient (Wildman–Crippen LogP) is 22.8. The number of carbonyl (C=O) groups excluding carboxylic acids is 4. The number of alkyl halides is 12. The van der Waals surface area contributed by atoms with Gasteiger partial charge in [0.15, 0.2) is 11.9 Å². The van der Waals surface area contributed by atoms with Gasteiger partial charge < -0.3 is 42.8 Å². The summed E-state index contributed by atoms with van der Waals surface area (Å²) in [7, 11) is 0. The summed E-state index contributed by atoms with van der Waals surface area (Å²) in [4.78, 5) is 59.1. The minimum absolute atomic E-state index is 0.0357. The number of hydrogen-bond acceptors (Lipinski definition) is 9. The Morgan fingerprint density at radius 1 is 0.487 bits per heavy atom. The molecule has 15 nitrogen and oxygen atoms in total. The van der Waals surface area contributed by atoms with E-state index in [-0.39, 0.29) is 50.5 Å². The number of aliphatic hydroxyl groups excluding tert-OH is 1. The molecule has 115 heavy (non-hydrogen) atoms. The highest BCUT2D eigenvalue weighted by atomic mass is 35.5. The van der Waals surface area contributed by atoms with Gasteiger partial charge in [-0.2, -0.15) is 57.9 Å². The molecule has 12 aromatic rings. The number of aromatic nitrogens is 4. The van der Waals surface area contributed by atoms with Gasteiger partial charge in [-0.3, -0.25) is 9.59 Å². The maximum atomic E-state index is 13.2. The van der Waals surface area contributed by atoms with Crippen LogP contribution in [0.2, 0.25) is 0 Å². The molecule has 0 atom stereocenters. The lowest BCUT2D eigenvalue weighted by molar-refractivity contribution is -0.141. The average Bonchev–Trinajstić information content (AvgIpc) is 1.66. The van der Waals surface area contributed by atoms with Crippen LogP contribution in [0.5, 0.6) is 0 Å². The molecule has 0 unspecified atom stereocenters. The molecule has 4 aromatic heterocycles. The van der Waals surface area contributed by atoms with E-state index in [9.17, 15) is 92.1 Å². The molecule has 0 saturated heterocycles. The number of benzene rings is 8. The van der Waals surface area contributed by atoms with E-state index in [1.54, 1.807) is 175 Å². The Morgan fingerprint density at radius 2 is 0.791 bits per heavy atom. The quantitative estimate of drug-likeness (QED) is 0.0108. The number of carboxylic acids is 1. The van der Waals surface area contributed by atoms with Crippen LogP contribution in [0.3, 0.4) is 0 Å². The molecule has 0 aliphatic heterocycles. The summed E-state index contributed by atoms with van der Waals surface area (Å²) in [5.74, 6) is -3.00. The van der Waals surface area contributed by atoms with Gasteiger partial charge in [0.05, 0.1) is 46.6 Å². The first kappa shape index (κ1) is 89.6. The molecule has 0 spiro atoms. The van der Waals surface area contributed by atoms with Crippen LogP contribution >= 0.6 is 11.6 Å². The largest absolute Gasteiger partial charge is 0.506 e. The van der Waals surface area contributed by atoms with Crippen molar-refractivity contribution in [3.63, 3.8) is 0 Å². The van der Waals surface area contributed by atoms with Crippen molar-refractivity contribution in [1.82, 2.24) is 18.3 Å². The Balaban J connectivity index is 0.000000202. The molecule has 0 radical (unpaired) electrons. The lowest BCUT2D eigenvalue weighted by atomic mass is 10.1. The topological polar surface area (TPSA) is 192 Å². The minimum atomic E-state index is -4.47. The first-order valence-electron chi connectivity index (χ1n) is 35.1. The van der Waals surface area contributed by atoms with Crippen molar-refractivity contribution in [3.8, 4) is 6.07 Å². The lowest BCUT2D eigenvalue weighted by Crippen LogP contribution is -2.08. The van der Waals surface area contributed by atoms with E-state index in [0.717, 1.165) is 71.2 Å². The Hall–Kier alpha value is -12.6. The fraction of sp³-hybridized carbons (Fsp3) is 0.230. The van der Waals surface area contributed by atoms with Crippen LogP contribution in [0.1, 0.15) is 138 Å². The standard InChI is InChI=1S/C23H19F3N2O3.C18H13ClF3NO.C18H14F3NO2.C18H14F3NO.C5H7NO2.C5H10/c1-3-31-22(30)18(11-27)21(29)19-13-28(20-7-5-4-6-17(19)20)12-15-8-14(2)9-16(10-15)23(24,25)26;1-11-6-12(8-13(7-11)18(20,21)22)9-23-10-15(17(19)24)14-4-2-3-5-16(14)23;1-11-6-12(8-13(7-11)18(19,20)21)9-22-10-15(17(23)24)14-4-2-3-5-16(14)22;1-12-6-13(8-15(7-12)18(19,20)21)9-22-10-14(11-23)16-4-2-3-5-17(16)22;1-3-8-5(7)4-6-2;1-4-5(2)3/h4-10,13,29H,3,12H2,1-2H3;2-8,10H,9H2,1H3;2-8,10H,9H2,1H3,(H,23,24);2-8,10-11H,9H2,1H3;3-4H2,1H3;4H,1-3H3/b21-18-;;;;;. The normalized spacial score (nSPS) is 11.5. The van der Waals surface area contributed by atoms with Crippen LogP contribution in [0.4, 0.5) is 52.7 Å². The number of para-hydroxylation sites is 4. The number of carbonyl (C=O) groups is 5. The van der Waals surface area contributed by atoms with Crippen LogP contribution < -0.4 is 0 Å². The van der Waals surface area contributed by atoms with Gasteiger partial charge in [-0.1, -0.05) is 131 Å². The van der Waals surface area contributed by atoms with E-state index >= 15 is 0 Å².